The Kier molecular flexibility index (Phi) is 5.00. The van der Waals surface area contributed by atoms with Gasteiger partial charge in [0.25, 0.3) is 0 Å². The molecule has 1 aliphatic heterocycles. The third kappa shape index (κ3) is 3.46. The molecule has 0 spiro atoms. The van der Waals surface area contributed by atoms with E-state index in [4.69, 9.17) is 5.11 Å². The van der Waals surface area contributed by atoms with Crippen molar-refractivity contribution in [3.63, 3.8) is 0 Å². The van der Waals surface area contributed by atoms with Crippen molar-refractivity contribution in [3.8, 4) is 0 Å². The first kappa shape index (κ1) is 13.4. The first-order valence-electron chi connectivity index (χ1n) is 6.23. The molecule has 100 valence electrons. The number of thioether (sulfide) groups is 1. The van der Waals surface area contributed by atoms with Crippen LogP contribution in [0.3, 0.4) is 0 Å². The lowest BCUT2D eigenvalue weighted by Crippen LogP contribution is -2.28. The molecule has 0 atom stereocenters. The standard InChI is InChI=1S/C11H18N4O2S/c16-7-5-12-10(17)8-18-11-14-13-9-4-2-1-3-6-15(9)11/h16H,1-8H2,(H,12,17). The molecule has 0 unspecified atom stereocenters. The second-order valence-corrected chi connectivity index (χ2v) is 5.17. The molecule has 0 aliphatic carbocycles. The number of aromatic nitrogens is 3. The van der Waals surface area contributed by atoms with Gasteiger partial charge in [-0.3, -0.25) is 4.79 Å². The van der Waals surface area contributed by atoms with Gasteiger partial charge in [0.2, 0.25) is 5.91 Å². The SMILES string of the molecule is O=C(CSc1nnc2n1CCCCC2)NCCO. The zero-order valence-corrected chi connectivity index (χ0v) is 11.1. The molecule has 2 heterocycles. The quantitative estimate of drug-likeness (QED) is 0.747. The van der Waals surface area contributed by atoms with E-state index in [0.717, 1.165) is 30.4 Å². The lowest BCUT2D eigenvalue weighted by Gasteiger charge is -2.06. The predicted octanol–water partition coefficient (Wildman–Crippen LogP) is 0.205. The topological polar surface area (TPSA) is 80.0 Å². The average Bonchev–Trinajstić information content (AvgIpc) is 2.61. The maximum absolute atomic E-state index is 11.4. The van der Waals surface area contributed by atoms with E-state index in [-0.39, 0.29) is 12.5 Å². The summed E-state index contributed by atoms with van der Waals surface area (Å²) in [6.07, 6.45) is 4.52. The number of nitrogens with one attached hydrogen (secondary N) is 1. The van der Waals surface area contributed by atoms with Crippen molar-refractivity contribution in [2.45, 2.75) is 37.4 Å². The van der Waals surface area contributed by atoms with Gasteiger partial charge in [0.1, 0.15) is 5.82 Å². The van der Waals surface area contributed by atoms with Gasteiger partial charge in [0.05, 0.1) is 12.4 Å². The molecular weight excluding hydrogens is 252 g/mol. The normalized spacial score (nSPS) is 14.9. The molecule has 2 N–H and O–H groups in total. The Balaban J connectivity index is 1.89. The molecule has 1 aromatic rings. The number of carbonyl (C=O) groups is 1. The molecule has 18 heavy (non-hydrogen) atoms. The molecule has 0 bridgehead atoms. The Hall–Kier alpha value is -1.08. The number of aliphatic hydroxyl groups excluding tert-OH is 1. The van der Waals surface area contributed by atoms with Gasteiger partial charge in [0.15, 0.2) is 5.16 Å². The fourth-order valence-electron chi connectivity index (χ4n) is 1.94. The molecule has 6 nitrogen and oxygen atoms in total. The summed E-state index contributed by atoms with van der Waals surface area (Å²) in [5, 5.41) is 20.4. The molecule has 1 amide bonds. The first-order chi connectivity index (χ1) is 8.81. The van der Waals surface area contributed by atoms with Crippen LogP contribution in [0.1, 0.15) is 25.1 Å². The molecule has 1 aliphatic rings. The number of amides is 1. The molecule has 0 saturated heterocycles. The summed E-state index contributed by atoms with van der Waals surface area (Å²) in [4.78, 5) is 11.4. The highest BCUT2D eigenvalue weighted by Gasteiger charge is 2.15. The van der Waals surface area contributed by atoms with E-state index < -0.39 is 0 Å². The summed E-state index contributed by atoms with van der Waals surface area (Å²) in [5.74, 6) is 1.27. The van der Waals surface area contributed by atoms with Crippen molar-refractivity contribution in [2.24, 2.45) is 0 Å². The minimum Gasteiger partial charge on any atom is -0.395 e. The Morgan fingerprint density at radius 3 is 3.11 bits per heavy atom. The number of aliphatic hydroxyl groups is 1. The minimum absolute atomic E-state index is 0.0310. The van der Waals surface area contributed by atoms with E-state index >= 15 is 0 Å². The Bertz CT molecular complexity index is 408. The van der Waals surface area contributed by atoms with Crippen molar-refractivity contribution >= 4 is 17.7 Å². The zero-order valence-electron chi connectivity index (χ0n) is 10.3. The second-order valence-electron chi connectivity index (χ2n) is 4.22. The van der Waals surface area contributed by atoms with E-state index in [1.165, 1.54) is 24.6 Å². The number of hydrogen-bond acceptors (Lipinski definition) is 5. The van der Waals surface area contributed by atoms with Crippen LogP contribution >= 0.6 is 11.8 Å². The number of aryl methyl sites for hydroxylation is 1. The number of hydrogen-bond donors (Lipinski definition) is 2. The molecule has 1 aromatic heterocycles. The van der Waals surface area contributed by atoms with Crippen molar-refractivity contribution < 1.29 is 9.90 Å². The molecular formula is C11H18N4O2S. The summed E-state index contributed by atoms with van der Waals surface area (Å²) in [7, 11) is 0. The summed E-state index contributed by atoms with van der Waals surface area (Å²) < 4.78 is 2.12. The summed E-state index contributed by atoms with van der Waals surface area (Å²) in [5.41, 5.74) is 0. The maximum Gasteiger partial charge on any atom is 0.230 e. The van der Waals surface area contributed by atoms with Gasteiger partial charge in [-0.1, -0.05) is 18.2 Å². The average molecular weight is 270 g/mol. The highest BCUT2D eigenvalue weighted by atomic mass is 32.2. The monoisotopic (exact) mass is 270 g/mol. The van der Waals surface area contributed by atoms with Crippen LogP contribution < -0.4 is 5.32 Å². The van der Waals surface area contributed by atoms with Crippen molar-refractivity contribution in [1.29, 1.82) is 0 Å². The molecule has 0 aromatic carbocycles. The maximum atomic E-state index is 11.4. The number of rotatable bonds is 5. The van der Waals surface area contributed by atoms with Crippen LogP contribution in [0, 0.1) is 0 Å². The summed E-state index contributed by atoms with van der Waals surface area (Å²) >= 11 is 1.41. The van der Waals surface area contributed by atoms with Gasteiger partial charge in [-0.05, 0) is 12.8 Å². The fourth-order valence-corrected chi connectivity index (χ4v) is 2.75. The second kappa shape index (κ2) is 6.75. The minimum atomic E-state index is -0.0833. The number of carbonyl (C=O) groups excluding carboxylic acids is 1. The Labute approximate surface area is 110 Å². The van der Waals surface area contributed by atoms with Gasteiger partial charge < -0.3 is 15.0 Å². The third-order valence-corrected chi connectivity index (χ3v) is 3.81. The van der Waals surface area contributed by atoms with E-state index in [1.54, 1.807) is 0 Å². The molecule has 0 saturated carbocycles. The van der Waals surface area contributed by atoms with Gasteiger partial charge in [-0.2, -0.15) is 0 Å². The van der Waals surface area contributed by atoms with Crippen molar-refractivity contribution in [1.82, 2.24) is 20.1 Å². The fraction of sp³-hybridized carbons (Fsp3) is 0.727. The smallest absolute Gasteiger partial charge is 0.230 e. The van der Waals surface area contributed by atoms with Crippen LogP contribution in [0.5, 0.6) is 0 Å². The van der Waals surface area contributed by atoms with Crippen LogP contribution in [0.15, 0.2) is 5.16 Å². The highest BCUT2D eigenvalue weighted by molar-refractivity contribution is 7.99. The van der Waals surface area contributed by atoms with E-state index in [2.05, 4.69) is 20.1 Å². The largest absolute Gasteiger partial charge is 0.395 e. The van der Waals surface area contributed by atoms with Crippen molar-refractivity contribution in [3.05, 3.63) is 5.82 Å². The van der Waals surface area contributed by atoms with Gasteiger partial charge in [-0.15, -0.1) is 10.2 Å². The van der Waals surface area contributed by atoms with Gasteiger partial charge in [0, 0.05) is 19.5 Å². The van der Waals surface area contributed by atoms with Gasteiger partial charge in [-0.25, -0.2) is 0 Å². The zero-order chi connectivity index (χ0) is 12.8. The molecule has 0 fully saturated rings. The summed E-state index contributed by atoms with van der Waals surface area (Å²) in [6, 6.07) is 0. The van der Waals surface area contributed by atoms with Crippen molar-refractivity contribution in [2.75, 3.05) is 18.9 Å². The molecule has 2 rings (SSSR count). The Morgan fingerprint density at radius 2 is 2.28 bits per heavy atom. The van der Waals surface area contributed by atoms with Crippen LogP contribution in [-0.2, 0) is 17.8 Å². The number of nitrogens with zero attached hydrogens (tertiary/aromatic N) is 3. The lowest BCUT2D eigenvalue weighted by atomic mass is 10.2. The van der Waals surface area contributed by atoms with Crippen LogP contribution in [0.2, 0.25) is 0 Å². The molecule has 0 radical (unpaired) electrons. The van der Waals surface area contributed by atoms with E-state index in [1.807, 2.05) is 0 Å². The Morgan fingerprint density at radius 1 is 1.39 bits per heavy atom. The highest BCUT2D eigenvalue weighted by Crippen LogP contribution is 2.21. The lowest BCUT2D eigenvalue weighted by molar-refractivity contribution is -0.118. The predicted molar refractivity (Wildman–Crippen MR) is 68.4 cm³/mol. The van der Waals surface area contributed by atoms with E-state index in [0.29, 0.717) is 12.3 Å². The third-order valence-electron chi connectivity index (χ3n) is 2.84. The van der Waals surface area contributed by atoms with Crippen LogP contribution in [0.25, 0.3) is 0 Å². The van der Waals surface area contributed by atoms with E-state index in [9.17, 15) is 4.79 Å². The first-order valence-corrected chi connectivity index (χ1v) is 7.22. The number of fused-ring (bicyclic) bond motifs is 1. The molecule has 7 heteroatoms. The van der Waals surface area contributed by atoms with Gasteiger partial charge >= 0.3 is 0 Å². The van der Waals surface area contributed by atoms with Crippen LogP contribution in [-0.4, -0.2) is 44.7 Å². The van der Waals surface area contributed by atoms with Crippen LogP contribution in [0.4, 0.5) is 0 Å². The summed E-state index contributed by atoms with van der Waals surface area (Å²) in [6.45, 7) is 1.22.